The lowest BCUT2D eigenvalue weighted by Gasteiger charge is -2.18. The standard InChI is InChI=1S/C69H128O6/c1-4-7-10-13-16-19-22-25-28-30-31-32-33-34-35-36-37-38-39-40-42-44-47-50-53-56-59-62-68(71)74-65-66(64-73-67(70)61-58-55-52-49-46-43-27-24-21-18-15-12-9-6-3)75-69(72)63-60-57-54-51-48-45-41-29-26-23-20-17-14-11-8-5-2/h20,23-24,27,29,41,66H,4-19,21-22,25-26,28,30-40,42-65H2,1-3H3/b23-20-,27-24-,41-29-. The van der Waals surface area contributed by atoms with Gasteiger partial charge in [-0.3, -0.25) is 14.4 Å². The highest BCUT2D eigenvalue weighted by molar-refractivity contribution is 5.71. The van der Waals surface area contributed by atoms with Crippen molar-refractivity contribution in [1.82, 2.24) is 0 Å². The van der Waals surface area contributed by atoms with Crippen molar-refractivity contribution >= 4 is 17.9 Å². The van der Waals surface area contributed by atoms with Crippen LogP contribution < -0.4 is 0 Å². The molecule has 0 aliphatic carbocycles. The van der Waals surface area contributed by atoms with Crippen LogP contribution in [0, 0.1) is 0 Å². The van der Waals surface area contributed by atoms with Gasteiger partial charge in [-0.25, -0.2) is 0 Å². The first-order valence-corrected chi connectivity index (χ1v) is 33.5. The van der Waals surface area contributed by atoms with Gasteiger partial charge in [-0.05, 0) is 77.0 Å². The van der Waals surface area contributed by atoms with Gasteiger partial charge in [0, 0.05) is 19.3 Å². The van der Waals surface area contributed by atoms with Crippen LogP contribution >= 0.6 is 0 Å². The van der Waals surface area contributed by atoms with Crippen LogP contribution in [0.2, 0.25) is 0 Å². The summed E-state index contributed by atoms with van der Waals surface area (Å²) in [6.07, 6.45) is 78.8. The van der Waals surface area contributed by atoms with Gasteiger partial charge in [0.05, 0.1) is 0 Å². The maximum absolute atomic E-state index is 12.9. The van der Waals surface area contributed by atoms with E-state index in [1.54, 1.807) is 0 Å². The smallest absolute Gasteiger partial charge is 0.306 e. The van der Waals surface area contributed by atoms with Crippen molar-refractivity contribution in [3.8, 4) is 0 Å². The molecule has 0 amide bonds. The van der Waals surface area contributed by atoms with E-state index in [1.807, 2.05) is 0 Å². The molecule has 6 nitrogen and oxygen atoms in total. The van der Waals surface area contributed by atoms with Crippen molar-refractivity contribution in [3.63, 3.8) is 0 Å². The largest absolute Gasteiger partial charge is 0.462 e. The number of esters is 3. The molecule has 0 heterocycles. The summed E-state index contributed by atoms with van der Waals surface area (Å²) in [7, 11) is 0. The van der Waals surface area contributed by atoms with Gasteiger partial charge < -0.3 is 14.2 Å². The molecule has 0 fully saturated rings. The third-order valence-electron chi connectivity index (χ3n) is 15.1. The predicted octanol–water partition coefficient (Wildman–Crippen LogP) is 22.8. The highest BCUT2D eigenvalue weighted by Crippen LogP contribution is 2.18. The molecule has 75 heavy (non-hydrogen) atoms. The number of hydrogen-bond acceptors (Lipinski definition) is 6. The summed E-state index contributed by atoms with van der Waals surface area (Å²) in [5.74, 6) is -0.876. The molecule has 0 aromatic rings. The van der Waals surface area contributed by atoms with E-state index in [0.29, 0.717) is 19.3 Å². The maximum Gasteiger partial charge on any atom is 0.306 e. The monoisotopic (exact) mass is 1050 g/mol. The Morgan fingerprint density at radius 1 is 0.267 bits per heavy atom. The SMILES string of the molecule is CCCCCC/C=C\C/C=C\CCCCCCCC(=O)OC(COC(=O)CCCCCCC/C=C\CCCCCCC)COC(=O)CCCCCCCCCCCCCCCCCCCCCCCCCCCCC. The van der Waals surface area contributed by atoms with Crippen molar-refractivity contribution in [2.45, 2.75) is 374 Å². The molecule has 0 aromatic carbocycles. The number of unbranched alkanes of at least 4 members (excludes halogenated alkanes) is 45. The second kappa shape index (κ2) is 64.2. The summed E-state index contributed by atoms with van der Waals surface area (Å²) in [4.78, 5) is 38.3. The molecule has 0 saturated heterocycles. The summed E-state index contributed by atoms with van der Waals surface area (Å²) < 4.78 is 16.9. The van der Waals surface area contributed by atoms with Crippen molar-refractivity contribution in [1.29, 1.82) is 0 Å². The lowest BCUT2D eigenvalue weighted by atomic mass is 10.0. The van der Waals surface area contributed by atoms with E-state index >= 15 is 0 Å². The molecule has 1 unspecified atom stereocenters. The minimum atomic E-state index is -0.781. The van der Waals surface area contributed by atoms with E-state index in [2.05, 4.69) is 57.2 Å². The Morgan fingerprint density at radius 2 is 0.480 bits per heavy atom. The molecule has 0 rings (SSSR count). The zero-order chi connectivity index (χ0) is 54.3. The summed E-state index contributed by atoms with van der Waals surface area (Å²) >= 11 is 0. The molecule has 1 atom stereocenters. The summed E-state index contributed by atoms with van der Waals surface area (Å²) in [6, 6.07) is 0. The Bertz CT molecular complexity index is 1250. The molecule has 6 heteroatoms. The van der Waals surface area contributed by atoms with Crippen molar-refractivity contribution in [3.05, 3.63) is 36.5 Å². The molecular formula is C69H128O6. The summed E-state index contributed by atoms with van der Waals surface area (Å²) in [5.41, 5.74) is 0. The van der Waals surface area contributed by atoms with Gasteiger partial charge in [0.2, 0.25) is 0 Å². The van der Waals surface area contributed by atoms with Crippen LogP contribution in [0.4, 0.5) is 0 Å². The van der Waals surface area contributed by atoms with Crippen LogP contribution in [0.1, 0.15) is 367 Å². The third kappa shape index (κ3) is 62.4. The first kappa shape index (κ1) is 72.6. The second-order valence-corrected chi connectivity index (χ2v) is 22.7. The fraction of sp³-hybridized carbons (Fsp3) is 0.870. The van der Waals surface area contributed by atoms with E-state index in [4.69, 9.17) is 14.2 Å². The number of carbonyl (C=O) groups is 3. The van der Waals surface area contributed by atoms with Crippen LogP contribution in [0.5, 0.6) is 0 Å². The average Bonchev–Trinajstić information content (AvgIpc) is 3.41. The van der Waals surface area contributed by atoms with Crippen LogP contribution in [0.3, 0.4) is 0 Å². The molecule has 0 aliphatic rings. The molecule has 0 spiro atoms. The van der Waals surface area contributed by atoms with E-state index in [-0.39, 0.29) is 31.1 Å². The van der Waals surface area contributed by atoms with Gasteiger partial charge in [-0.1, -0.05) is 308 Å². The molecule has 0 saturated carbocycles. The fourth-order valence-corrected chi connectivity index (χ4v) is 10.1. The van der Waals surface area contributed by atoms with Crippen molar-refractivity contribution in [2.75, 3.05) is 13.2 Å². The topological polar surface area (TPSA) is 78.9 Å². The number of carbonyl (C=O) groups excluding carboxylic acids is 3. The van der Waals surface area contributed by atoms with Gasteiger partial charge in [0.1, 0.15) is 13.2 Å². The lowest BCUT2D eigenvalue weighted by Crippen LogP contribution is -2.30. The molecular weight excluding hydrogens is 925 g/mol. The quantitative estimate of drug-likeness (QED) is 0.0261. The minimum Gasteiger partial charge on any atom is -0.462 e. The maximum atomic E-state index is 12.9. The second-order valence-electron chi connectivity index (χ2n) is 22.7. The Balaban J connectivity index is 4.22. The van der Waals surface area contributed by atoms with E-state index in [0.717, 1.165) is 89.9 Å². The van der Waals surface area contributed by atoms with Gasteiger partial charge in [-0.15, -0.1) is 0 Å². The molecule has 0 N–H and O–H groups in total. The van der Waals surface area contributed by atoms with Gasteiger partial charge >= 0.3 is 17.9 Å². The van der Waals surface area contributed by atoms with Gasteiger partial charge in [-0.2, -0.15) is 0 Å². The summed E-state index contributed by atoms with van der Waals surface area (Å²) in [5, 5.41) is 0. The van der Waals surface area contributed by atoms with E-state index in [9.17, 15) is 14.4 Å². The average molecular weight is 1050 g/mol. The number of hydrogen-bond donors (Lipinski definition) is 0. The first-order valence-electron chi connectivity index (χ1n) is 33.5. The molecule has 0 aromatic heterocycles. The zero-order valence-corrected chi connectivity index (χ0v) is 50.6. The van der Waals surface area contributed by atoms with Gasteiger partial charge in [0.15, 0.2) is 6.10 Å². The van der Waals surface area contributed by atoms with Crippen molar-refractivity contribution < 1.29 is 28.6 Å². The molecule has 0 bridgehead atoms. The number of ether oxygens (including phenoxy) is 3. The first-order chi connectivity index (χ1) is 37.0. The highest BCUT2D eigenvalue weighted by atomic mass is 16.6. The van der Waals surface area contributed by atoms with Crippen LogP contribution in [-0.2, 0) is 28.6 Å². The Kier molecular flexibility index (Phi) is 62.1. The molecule has 440 valence electrons. The Morgan fingerprint density at radius 3 is 0.760 bits per heavy atom. The lowest BCUT2D eigenvalue weighted by molar-refractivity contribution is -0.167. The fourth-order valence-electron chi connectivity index (χ4n) is 10.1. The van der Waals surface area contributed by atoms with E-state index in [1.165, 1.54) is 238 Å². The summed E-state index contributed by atoms with van der Waals surface area (Å²) in [6.45, 7) is 6.66. The molecule has 0 aliphatic heterocycles. The third-order valence-corrected chi connectivity index (χ3v) is 15.1. The van der Waals surface area contributed by atoms with Crippen LogP contribution in [0.25, 0.3) is 0 Å². The predicted molar refractivity (Wildman–Crippen MR) is 326 cm³/mol. The zero-order valence-electron chi connectivity index (χ0n) is 50.6. The normalized spacial score (nSPS) is 12.2. The molecule has 0 radical (unpaired) electrons. The van der Waals surface area contributed by atoms with Crippen LogP contribution in [0.15, 0.2) is 36.5 Å². The Hall–Kier alpha value is -2.37. The number of rotatable bonds is 62. The van der Waals surface area contributed by atoms with E-state index < -0.39 is 6.10 Å². The van der Waals surface area contributed by atoms with Crippen molar-refractivity contribution in [2.24, 2.45) is 0 Å². The number of allylic oxidation sites excluding steroid dienone is 6. The highest BCUT2D eigenvalue weighted by Gasteiger charge is 2.19. The van der Waals surface area contributed by atoms with Gasteiger partial charge in [0.25, 0.3) is 0 Å². The minimum absolute atomic E-state index is 0.0765. The van der Waals surface area contributed by atoms with Crippen LogP contribution in [-0.4, -0.2) is 37.2 Å². The Labute approximate surface area is 467 Å².